The molecule has 148 valence electrons. The molecule has 3 rings (SSSR count). The number of sulfonamides is 1. The van der Waals surface area contributed by atoms with Gasteiger partial charge in [-0.1, -0.05) is 36.6 Å². The van der Waals surface area contributed by atoms with Crippen molar-refractivity contribution in [2.75, 3.05) is 19.6 Å². The summed E-state index contributed by atoms with van der Waals surface area (Å²) in [7, 11) is -1.41. The van der Waals surface area contributed by atoms with Crippen molar-refractivity contribution in [3.63, 3.8) is 0 Å². The van der Waals surface area contributed by atoms with Crippen molar-refractivity contribution < 1.29 is 8.42 Å². The van der Waals surface area contributed by atoms with Crippen molar-refractivity contribution in [1.29, 1.82) is 0 Å². The summed E-state index contributed by atoms with van der Waals surface area (Å²) in [4.78, 5) is 2.42. The van der Waals surface area contributed by atoms with E-state index in [0.29, 0.717) is 11.6 Å². The van der Waals surface area contributed by atoms with E-state index in [1.165, 1.54) is 25.7 Å². The second-order valence-corrected chi connectivity index (χ2v) is 9.49. The van der Waals surface area contributed by atoms with Crippen LogP contribution in [0.2, 0.25) is 5.02 Å². The fourth-order valence-corrected chi connectivity index (χ4v) is 4.98. The SMILES string of the molecule is Cn1cccc1C(CNS(=O)(=O)Cc1ccc(Cl)cc1)N1CCCCCC1. The minimum atomic E-state index is -3.42. The van der Waals surface area contributed by atoms with Crippen molar-refractivity contribution in [2.45, 2.75) is 37.5 Å². The minimum absolute atomic E-state index is 0.0377. The lowest BCUT2D eigenvalue weighted by molar-refractivity contribution is 0.199. The number of benzene rings is 1. The molecule has 2 heterocycles. The van der Waals surface area contributed by atoms with E-state index >= 15 is 0 Å². The second-order valence-electron chi connectivity index (χ2n) is 7.24. The summed E-state index contributed by atoms with van der Waals surface area (Å²) >= 11 is 5.88. The highest BCUT2D eigenvalue weighted by Gasteiger charge is 2.25. The topological polar surface area (TPSA) is 54.3 Å². The van der Waals surface area contributed by atoms with Gasteiger partial charge in [0.15, 0.2) is 0 Å². The molecule has 2 aromatic rings. The molecule has 0 aliphatic carbocycles. The normalized spacial score (nSPS) is 17.6. The van der Waals surface area contributed by atoms with Crippen LogP contribution in [0.5, 0.6) is 0 Å². The molecule has 1 atom stereocenters. The van der Waals surface area contributed by atoms with Crippen LogP contribution in [-0.4, -0.2) is 37.5 Å². The minimum Gasteiger partial charge on any atom is -0.353 e. The first-order valence-electron chi connectivity index (χ1n) is 9.52. The summed E-state index contributed by atoms with van der Waals surface area (Å²) in [5, 5.41) is 0.606. The molecule has 27 heavy (non-hydrogen) atoms. The Morgan fingerprint density at radius 1 is 1.07 bits per heavy atom. The zero-order chi connectivity index (χ0) is 19.3. The van der Waals surface area contributed by atoms with Crippen LogP contribution in [0.4, 0.5) is 0 Å². The molecule has 1 aliphatic rings. The predicted molar refractivity (Wildman–Crippen MR) is 110 cm³/mol. The van der Waals surface area contributed by atoms with Crippen LogP contribution in [0, 0.1) is 0 Å². The van der Waals surface area contributed by atoms with Gasteiger partial charge < -0.3 is 4.57 Å². The van der Waals surface area contributed by atoms with E-state index < -0.39 is 10.0 Å². The number of likely N-dealkylation sites (tertiary alicyclic amines) is 1. The van der Waals surface area contributed by atoms with E-state index in [1.54, 1.807) is 24.3 Å². The maximum atomic E-state index is 12.6. The summed E-state index contributed by atoms with van der Waals surface area (Å²) in [5.74, 6) is -0.0377. The zero-order valence-corrected chi connectivity index (χ0v) is 17.3. The number of nitrogens with one attached hydrogen (secondary N) is 1. The van der Waals surface area contributed by atoms with E-state index in [9.17, 15) is 8.42 Å². The van der Waals surface area contributed by atoms with E-state index in [4.69, 9.17) is 11.6 Å². The van der Waals surface area contributed by atoms with Crippen LogP contribution in [0.3, 0.4) is 0 Å². The molecule has 5 nitrogen and oxygen atoms in total. The van der Waals surface area contributed by atoms with Crippen LogP contribution < -0.4 is 4.72 Å². The fraction of sp³-hybridized carbons (Fsp3) is 0.500. The smallest absolute Gasteiger partial charge is 0.215 e. The number of nitrogens with zero attached hydrogens (tertiary/aromatic N) is 2. The van der Waals surface area contributed by atoms with Crippen molar-refractivity contribution in [1.82, 2.24) is 14.2 Å². The summed E-state index contributed by atoms with van der Waals surface area (Å²) in [6, 6.07) is 11.1. The number of aromatic nitrogens is 1. The van der Waals surface area contributed by atoms with Gasteiger partial charge in [-0.15, -0.1) is 0 Å². The first-order valence-corrected chi connectivity index (χ1v) is 11.5. The predicted octanol–water partition coefficient (Wildman–Crippen LogP) is 3.72. The Morgan fingerprint density at radius 2 is 1.74 bits per heavy atom. The van der Waals surface area contributed by atoms with E-state index in [2.05, 4.69) is 20.3 Å². The van der Waals surface area contributed by atoms with Gasteiger partial charge in [-0.25, -0.2) is 13.1 Å². The highest BCUT2D eigenvalue weighted by Crippen LogP contribution is 2.24. The van der Waals surface area contributed by atoms with Crippen molar-refractivity contribution >= 4 is 21.6 Å². The lowest BCUT2D eigenvalue weighted by Crippen LogP contribution is -2.39. The van der Waals surface area contributed by atoms with Gasteiger partial charge in [0, 0.05) is 30.5 Å². The van der Waals surface area contributed by atoms with Crippen molar-refractivity contribution in [3.8, 4) is 0 Å². The van der Waals surface area contributed by atoms with Crippen LogP contribution in [0.15, 0.2) is 42.6 Å². The highest BCUT2D eigenvalue weighted by molar-refractivity contribution is 7.88. The van der Waals surface area contributed by atoms with Crippen molar-refractivity contribution in [2.24, 2.45) is 7.05 Å². The molecule has 0 bridgehead atoms. The zero-order valence-electron chi connectivity index (χ0n) is 15.8. The van der Waals surface area contributed by atoms with Gasteiger partial charge >= 0.3 is 0 Å². The third kappa shape index (κ3) is 5.82. The second kappa shape index (κ2) is 9.24. The van der Waals surface area contributed by atoms with Gasteiger partial charge in [-0.2, -0.15) is 0 Å². The monoisotopic (exact) mass is 409 g/mol. The third-order valence-electron chi connectivity index (χ3n) is 5.17. The lowest BCUT2D eigenvalue weighted by atomic mass is 10.1. The fourth-order valence-electron chi connectivity index (χ4n) is 3.71. The van der Waals surface area contributed by atoms with Crippen LogP contribution in [-0.2, 0) is 22.8 Å². The molecular formula is C20H28ClN3O2S. The first kappa shape index (κ1) is 20.4. The molecule has 1 aromatic heterocycles. The molecule has 1 aromatic carbocycles. The number of hydrogen-bond acceptors (Lipinski definition) is 3. The quantitative estimate of drug-likeness (QED) is 0.758. The molecule has 1 aliphatic heterocycles. The van der Waals surface area contributed by atoms with Crippen molar-refractivity contribution in [3.05, 3.63) is 58.9 Å². The van der Waals surface area contributed by atoms with E-state index in [-0.39, 0.29) is 11.8 Å². The van der Waals surface area contributed by atoms with E-state index in [0.717, 1.165) is 24.3 Å². The summed E-state index contributed by atoms with van der Waals surface area (Å²) in [6.07, 6.45) is 6.84. The van der Waals surface area contributed by atoms with Gasteiger partial charge in [0.2, 0.25) is 10.0 Å². The molecule has 1 unspecified atom stereocenters. The molecular weight excluding hydrogens is 382 g/mol. The summed E-state index contributed by atoms with van der Waals surface area (Å²) in [5.41, 5.74) is 1.88. The average molecular weight is 410 g/mol. The van der Waals surface area contributed by atoms with E-state index in [1.807, 2.05) is 19.3 Å². The number of rotatable bonds is 7. The molecule has 0 radical (unpaired) electrons. The molecule has 1 fully saturated rings. The number of hydrogen-bond donors (Lipinski definition) is 1. The summed E-state index contributed by atoms with van der Waals surface area (Å²) in [6.45, 7) is 2.40. The van der Waals surface area contributed by atoms with Crippen LogP contribution in [0.1, 0.15) is 43.0 Å². The first-order chi connectivity index (χ1) is 12.9. The highest BCUT2D eigenvalue weighted by atomic mass is 35.5. The maximum Gasteiger partial charge on any atom is 0.215 e. The molecule has 1 N–H and O–H groups in total. The van der Waals surface area contributed by atoms with Gasteiger partial charge in [0.25, 0.3) is 0 Å². The Bertz CT molecular complexity index is 825. The Kier molecular flexibility index (Phi) is 6.98. The van der Waals surface area contributed by atoms with Gasteiger partial charge in [0.05, 0.1) is 11.8 Å². The Balaban J connectivity index is 1.71. The standard InChI is InChI=1S/C20H28ClN3O2S/c1-23-12-6-7-19(23)20(24-13-4-2-3-5-14-24)15-22-27(25,26)16-17-8-10-18(21)11-9-17/h6-12,20,22H,2-5,13-16H2,1H3. The molecule has 0 amide bonds. The van der Waals surface area contributed by atoms with Gasteiger partial charge in [-0.05, 0) is 55.8 Å². The number of aryl methyl sites for hydroxylation is 1. The van der Waals surface area contributed by atoms with Crippen LogP contribution in [0.25, 0.3) is 0 Å². The Hall–Kier alpha value is -1.34. The van der Waals surface area contributed by atoms with Crippen LogP contribution >= 0.6 is 11.6 Å². The Morgan fingerprint density at radius 3 is 2.33 bits per heavy atom. The van der Waals surface area contributed by atoms with Gasteiger partial charge in [0.1, 0.15) is 0 Å². The molecule has 0 spiro atoms. The molecule has 0 saturated carbocycles. The number of halogens is 1. The molecule has 1 saturated heterocycles. The summed E-state index contributed by atoms with van der Waals surface area (Å²) < 4.78 is 30.2. The molecule has 7 heteroatoms. The Labute approximate surface area is 167 Å². The average Bonchev–Trinajstić information content (AvgIpc) is 2.88. The lowest BCUT2D eigenvalue weighted by Gasteiger charge is -2.31. The third-order valence-corrected chi connectivity index (χ3v) is 6.75. The van der Waals surface area contributed by atoms with Gasteiger partial charge in [-0.3, -0.25) is 4.90 Å². The maximum absolute atomic E-state index is 12.6. The largest absolute Gasteiger partial charge is 0.353 e.